The van der Waals surface area contributed by atoms with Gasteiger partial charge in [-0.1, -0.05) is 146 Å². The van der Waals surface area contributed by atoms with Crippen molar-refractivity contribution in [3.05, 3.63) is 241 Å². The number of aromatic nitrogens is 4. The van der Waals surface area contributed by atoms with Crippen LogP contribution in [0.3, 0.4) is 0 Å². The largest absolute Gasteiger partial charge is 0.457 e. The van der Waals surface area contributed by atoms with E-state index >= 15 is 0 Å². The van der Waals surface area contributed by atoms with Gasteiger partial charge in [0.25, 0.3) is 0 Å². The molecule has 5 nitrogen and oxygen atoms in total. The van der Waals surface area contributed by atoms with E-state index in [1.165, 1.54) is 22.3 Å². The van der Waals surface area contributed by atoms with Gasteiger partial charge in [0, 0.05) is 39.9 Å². The van der Waals surface area contributed by atoms with Gasteiger partial charge in [0.1, 0.15) is 11.5 Å². The highest BCUT2D eigenvalue weighted by Crippen LogP contribution is 2.62. The number of hydrogen-bond acceptors (Lipinski definition) is 5. The second-order valence-corrected chi connectivity index (χ2v) is 16.5. The molecule has 5 heteroatoms. The number of fused-ring (bicyclic) bond motifs is 12. The van der Waals surface area contributed by atoms with Gasteiger partial charge in [-0.3, -0.25) is 9.97 Å². The molecule has 0 radical (unpaired) electrons. The molecule has 7 aromatic carbocycles. The molecule has 13 rings (SSSR count). The Bertz CT molecular complexity index is 3520. The van der Waals surface area contributed by atoms with E-state index in [1.807, 2.05) is 36.4 Å². The van der Waals surface area contributed by atoms with E-state index in [-0.39, 0.29) is 0 Å². The fourth-order valence-corrected chi connectivity index (χ4v) is 10.2. The lowest BCUT2D eigenvalue weighted by atomic mass is 9.65. The first kappa shape index (κ1) is 36.1. The predicted octanol–water partition coefficient (Wildman–Crippen LogP) is 14.4. The van der Waals surface area contributed by atoms with Crippen molar-refractivity contribution in [1.29, 1.82) is 0 Å². The summed E-state index contributed by atoms with van der Waals surface area (Å²) in [6.07, 6.45) is 3.60. The van der Waals surface area contributed by atoms with Crippen LogP contribution in [0.5, 0.6) is 11.5 Å². The Morgan fingerprint density at radius 3 is 1.56 bits per heavy atom. The third-order valence-corrected chi connectivity index (χ3v) is 13.0. The molecular formula is C59H36N4O. The van der Waals surface area contributed by atoms with Crippen LogP contribution >= 0.6 is 0 Å². The zero-order chi connectivity index (χ0) is 42.2. The van der Waals surface area contributed by atoms with Crippen molar-refractivity contribution in [3.63, 3.8) is 0 Å². The SMILES string of the molecule is c1ccc(-c2nc3cc(-c4ccc(-c5cc(-c6ccccn6)nc(-c6ccccn6)c5)cc4)ccc3c3cc4c(cc23)Oc2ccccc2C42c3ccccc3-c3ccccc32)cc1. The van der Waals surface area contributed by atoms with Gasteiger partial charge >= 0.3 is 0 Å². The lowest BCUT2D eigenvalue weighted by molar-refractivity contribution is 0.437. The minimum absolute atomic E-state index is 0.568. The summed E-state index contributed by atoms with van der Waals surface area (Å²) in [6.45, 7) is 0. The van der Waals surface area contributed by atoms with Gasteiger partial charge in [0.05, 0.1) is 39.4 Å². The minimum atomic E-state index is -0.568. The van der Waals surface area contributed by atoms with Gasteiger partial charge in [-0.05, 0) is 111 Å². The van der Waals surface area contributed by atoms with Gasteiger partial charge in [-0.15, -0.1) is 0 Å². The zero-order valence-corrected chi connectivity index (χ0v) is 34.5. The van der Waals surface area contributed by atoms with Crippen LogP contribution in [0, 0.1) is 0 Å². The molecule has 298 valence electrons. The quantitative estimate of drug-likeness (QED) is 0.162. The van der Waals surface area contributed by atoms with E-state index < -0.39 is 5.41 Å². The topological polar surface area (TPSA) is 60.8 Å². The number of pyridine rings is 4. The number of nitrogens with zero attached hydrogens (tertiary/aromatic N) is 4. The van der Waals surface area contributed by atoms with Crippen LogP contribution in [-0.4, -0.2) is 19.9 Å². The van der Waals surface area contributed by atoms with E-state index in [0.29, 0.717) is 0 Å². The average Bonchev–Trinajstić information content (AvgIpc) is 3.66. The monoisotopic (exact) mass is 816 g/mol. The standard InChI is InChI=1S/C59H36N4O/c1-2-14-39(15-3-1)58-46-36-57-50(59(49-20-8-9-23-56(49)64-57)47-18-6-4-16-42(47)43-17-5-7-19-48(43)59)35-45(46)44-29-28-40(32-53(44)63-58)37-24-26-38(27-25-37)41-33-54(51-21-10-12-30-60-51)62-55(34-41)52-22-11-13-31-61-52/h1-36H. The Morgan fingerprint density at radius 2 is 0.906 bits per heavy atom. The van der Waals surface area contributed by atoms with E-state index in [1.54, 1.807) is 12.4 Å². The van der Waals surface area contributed by atoms with Crippen molar-refractivity contribution in [2.45, 2.75) is 5.41 Å². The predicted molar refractivity (Wildman–Crippen MR) is 257 cm³/mol. The fourth-order valence-electron chi connectivity index (χ4n) is 10.2. The highest BCUT2D eigenvalue weighted by Gasteiger charge is 2.51. The van der Waals surface area contributed by atoms with Crippen molar-refractivity contribution in [2.24, 2.45) is 0 Å². The first-order chi connectivity index (χ1) is 31.7. The number of rotatable bonds is 5. The Kier molecular flexibility index (Phi) is 8.06. The fraction of sp³-hybridized carbons (Fsp3) is 0.0169. The van der Waals surface area contributed by atoms with Gasteiger partial charge in [-0.25, -0.2) is 9.97 Å². The molecule has 64 heavy (non-hydrogen) atoms. The summed E-state index contributed by atoms with van der Waals surface area (Å²) in [5, 5.41) is 3.28. The van der Waals surface area contributed by atoms with Crippen molar-refractivity contribution < 1.29 is 4.74 Å². The molecule has 1 spiro atoms. The molecule has 11 aromatic rings. The molecule has 0 saturated carbocycles. The molecule has 0 bridgehead atoms. The van der Waals surface area contributed by atoms with E-state index in [4.69, 9.17) is 14.7 Å². The molecule has 1 aliphatic carbocycles. The van der Waals surface area contributed by atoms with Crippen molar-refractivity contribution in [2.75, 3.05) is 0 Å². The minimum Gasteiger partial charge on any atom is -0.457 e. The summed E-state index contributed by atoms with van der Waals surface area (Å²) in [7, 11) is 0. The molecule has 0 saturated heterocycles. The second kappa shape index (κ2) is 14.3. The molecule has 0 unspecified atom stereocenters. The molecule has 5 heterocycles. The summed E-state index contributed by atoms with van der Waals surface area (Å²) in [5.41, 5.74) is 17.2. The molecule has 1 aliphatic heterocycles. The van der Waals surface area contributed by atoms with Crippen LogP contribution in [0.2, 0.25) is 0 Å². The molecule has 0 atom stereocenters. The Hall–Kier alpha value is -8.54. The molecule has 0 fully saturated rings. The van der Waals surface area contributed by atoms with Gasteiger partial charge in [0.15, 0.2) is 0 Å². The van der Waals surface area contributed by atoms with Crippen molar-refractivity contribution >= 4 is 21.7 Å². The first-order valence-electron chi connectivity index (χ1n) is 21.6. The number of ether oxygens (including phenoxy) is 1. The van der Waals surface area contributed by atoms with Crippen molar-refractivity contribution in [1.82, 2.24) is 19.9 Å². The van der Waals surface area contributed by atoms with Crippen LogP contribution in [0.25, 0.3) is 89.1 Å². The number of hydrogen-bond donors (Lipinski definition) is 0. The van der Waals surface area contributed by atoms with E-state index in [0.717, 1.165) is 101 Å². The molecule has 2 aliphatic rings. The third kappa shape index (κ3) is 5.51. The summed E-state index contributed by atoms with van der Waals surface area (Å²) >= 11 is 0. The van der Waals surface area contributed by atoms with Crippen LogP contribution in [0.1, 0.15) is 22.3 Å². The summed E-state index contributed by atoms with van der Waals surface area (Å²) < 4.78 is 6.94. The maximum absolute atomic E-state index is 6.94. The summed E-state index contributed by atoms with van der Waals surface area (Å²) in [4.78, 5) is 19.7. The first-order valence-corrected chi connectivity index (χ1v) is 21.6. The van der Waals surface area contributed by atoms with Gasteiger partial charge < -0.3 is 4.74 Å². The van der Waals surface area contributed by atoms with Crippen LogP contribution in [0.4, 0.5) is 0 Å². The van der Waals surface area contributed by atoms with E-state index in [9.17, 15) is 0 Å². The normalized spacial score (nSPS) is 12.9. The van der Waals surface area contributed by atoms with E-state index in [2.05, 4.69) is 180 Å². The molecule has 0 amide bonds. The van der Waals surface area contributed by atoms with Crippen LogP contribution in [-0.2, 0) is 5.41 Å². The Labute approximate surface area is 370 Å². The Balaban J connectivity index is 0.982. The molecule has 4 aromatic heterocycles. The lowest BCUT2D eigenvalue weighted by Gasteiger charge is -2.39. The lowest BCUT2D eigenvalue weighted by Crippen LogP contribution is -2.32. The maximum Gasteiger partial charge on any atom is 0.132 e. The highest BCUT2D eigenvalue weighted by atomic mass is 16.5. The number of benzene rings is 7. The average molecular weight is 817 g/mol. The third-order valence-electron chi connectivity index (χ3n) is 13.0. The molecular weight excluding hydrogens is 781 g/mol. The van der Waals surface area contributed by atoms with Gasteiger partial charge in [0.2, 0.25) is 0 Å². The van der Waals surface area contributed by atoms with Crippen molar-refractivity contribution in [3.8, 4) is 78.9 Å². The zero-order valence-electron chi connectivity index (χ0n) is 34.5. The summed E-state index contributed by atoms with van der Waals surface area (Å²) in [6, 6.07) is 73.0. The van der Waals surface area contributed by atoms with Crippen LogP contribution in [0.15, 0.2) is 219 Å². The summed E-state index contributed by atoms with van der Waals surface area (Å²) in [5.74, 6) is 1.72. The molecule has 0 N–H and O–H groups in total. The maximum atomic E-state index is 6.94. The van der Waals surface area contributed by atoms with Gasteiger partial charge in [-0.2, -0.15) is 0 Å². The Morgan fingerprint density at radius 1 is 0.328 bits per heavy atom. The highest BCUT2D eigenvalue weighted by molar-refractivity contribution is 6.13. The number of para-hydroxylation sites is 1. The van der Waals surface area contributed by atoms with Crippen LogP contribution < -0.4 is 4.74 Å². The smallest absolute Gasteiger partial charge is 0.132 e. The second-order valence-electron chi connectivity index (χ2n) is 16.5.